The van der Waals surface area contributed by atoms with E-state index < -0.39 is 12.0 Å². The molecule has 2 aliphatic heterocycles. The third-order valence-corrected chi connectivity index (χ3v) is 6.47. The molecule has 0 spiro atoms. The van der Waals surface area contributed by atoms with E-state index in [1.807, 2.05) is 43.3 Å². The lowest BCUT2D eigenvalue weighted by Gasteiger charge is -2.26. The van der Waals surface area contributed by atoms with Crippen LogP contribution in [-0.2, 0) is 16.1 Å². The van der Waals surface area contributed by atoms with E-state index in [4.69, 9.17) is 4.74 Å². The number of amides is 2. The molecule has 0 bridgehead atoms. The van der Waals surface area contributed by atoms with Gasteiger partial charge in [-0.05, 0) is 54.2 Å². The van der Waals surface area contributed by atoms with Crippen LogP contribution in [0.1, 0.15) is 35.7 Å². The molecule has 1 saturated carbocycles. The molecule has 5 rings (SSSR count). The maximum Gasteiger partial charge on any atom is 0.326 e. The highest BCUT2D eigenvalue weighted by atomic mass is 16.5. The lowest BCUT2D eigenvalue weighted by molar-refractivity contribution is -0.149. The minimum atomic E-state index is -0.976. The van der Waals surface area contributed by atoms with Crippen molar-refractivity contribution in [3.63, 3.8) is 0 Å². The Morgan fingerprint density at radius 3 is 2.63 bits per heavy atom. The Morgan fingerprint density at radius 1 is 1.13 bits per heavy atom. The predicted octanol–water partition coefficient (Wildman–Crippen LogP) is 2.90. The summed E-state index contributed by atoms with van der Waals surface area (Å²) in [6.45, 7) is 2.21. The lowest BCUT2D eigenvalue weighted by atomic mass is 10.0. The molecule has 0 radical (unpaired) electrons. The first-order valence-corrected chi connectivity index (χ1v) is 10.0. The summed E-state index contributed by atoms with van der Waals surface area (Å²) in [5.41, 5.74) is 1.25. The number of hydrogen-bond acceptors (Lipinski definition) is 4. The van der Waals surface area contributed by atoms with E-state index in [2.05, 4.69) is 0 Å². The van der Waals surface area contributed by atoms with Crippen LogP contribution in [0.2, 0.25) is 0 Å². The van der Waals surface area contributed by atoms with Crippen molar-refractivity contribution in [1.82, 2.24) is 9.80 Å². The average Bonchev–Trinajstić information content (AvgIpc) is 3.13. The van der Waals surface area contributed by atoms with Crippen LogP contribution in [-0.4, -0.2) is 51.3 Å². The summed E-state index contributed by atoms with van der Waals surface area (Å²) in [5.74, 6) is -0.157. The number of likely N-dealkylation sites (tertiary alicyclic amines) is 1. The van der Waals surface area contributed by atoms with Gasteiger partial charge in [0.05, 0.1) is 0 Å². The normalized spacial score (nSPS) is 26.4. The molecule has 0 unspecified atom stereocenters. The van der Waals surface area contributed by atoms with Gasteiger partial charge < -0.3 is 19.6 Å². The highest BCUT2D eigenvalue weighted by Crippen LogP contribution is 2.59. The summed E-state index contributed by atoms with van der Waals surface area (Å²) in [7, 11) is 0. The molecule has 7 heteroatoms. The van der Waals surface area contributed by atoms with Crippen LogP contribution in [0.3, 0.4) is 0 Å². The zero-order chi connectivity index (χ0) is 21.0. The third kappa shape index (κ3) is 3.01. The van der Waals surface area contributed by atoms with E-state index in [0.717, 1.165) is 12.0 Å². The molecule has 3 aliphatic rings. The average molecular weight is 406 g/mol. The number of hydrogen-bond donors (Lipinski definition) is 1. The van der Waals surface area contributed by atoms with Crippen LogP contribution in [0.25, 0.3) is 0 Å². The molecule has 1 N–H and O–H groups in total. The number of carboxylic acid groups (broad SMARTS) is 1. The first-order chi connectivity index (χ1) is 14.4. The number of rotatable bonds is 5. The van der Waals surface area contributed by atoms with E-state index in [0.29, 0.717) is 30.0 Å². The second-order valence-electron chi connectivity index (χ2n) is 8.63. The standard InChI is InChI=1S/C23H22N2O5/c1-23-10-18(22(28)29)25(19(23)11-23)20(26)13-24-12-14-9-16(7-8-17(14)21(24)27)30-15-5-3-2-4-6-15/h2-9,18-19H,10-13H2,1H3,(H,28,29)/t18-,19-,23+/m0/s1. The van der Waals surface area contributed by atoms with Crippen molar-refractivity contribution in [2.75, 3.05) is 6.54 Å². The van der Waals surface area contributed by atoms with Crippen molar-refractivity contribution in [3.8, 4) is 11.5 Å². The van der Waals surface area contributed by atoms with Gasteiger partial charge in [-0.3, -0.25) is 9.59 Å². The summed E-state index contributed by atoms with van der Waals surface area (Å²) in [4.78, 5) is 40.3. The summed E-state index contributed by atoms with van der Waals surface area (Å²) < 4.78 is 5.84. The Balaban J connectivity index is 1.30. The maximum absolute atomic E-state index is 12.9. The number of carboxylic acids is 1. The first kappa shape index (κ1) is 18.7. The van der Waals surface area contributed by atoms with Crippen LogP contribution in [0.4, 0.5) is 0 Å². The van der Waals surface area contributed by atoms with Gasteiger partial charge in [0, 0.05) is 18.2 Å². The number of para-hydroxylation sites is 1. The van der Waals surface area contributed by atoms with Gasteiger partial charge in [-0.25, -0.2) is 4.79 Å². The van der Waals surface area contributed by atoms with Gasteiger partial charge in [-0.15, -0.1) is 0 Å². The molecule has 3 atom stereocenters. The summed E-state index contributed by atoms with van der Waals surface area (Å²) >= 11 is 0. The van der Waals surface area contributed by atoms with Crippen LogP contribution in [0.15, 0.2) is 48.5 Å². The van der Waals surface area contributed by atoms with Crippen LogP contribution in [0.5, 0.6) is 11.5 Å². The van der Waals surface area contributed by atoms with Crippen LogP contribution < -0.4 is 4.74 Å². The summed E-state index contributed by atoms with van der Waals surface area (Å²) in [6, 6.07) is 13.8. The Kier molecular flexibility index (Phi) is 4.10. The number of carbonyl (C=O) groups is 3. The van der Waals surface area contributed by atoms with E-state index in [9.17, 15) is 19.5 Å². The molecule has 2 heterocycles. The molecule has 0 aromatic heterocycles. The molecule has 2 aromatic carbocycles. The van der Waals surface area contributed by atoms with Crippen molar-refractivity contribution in [2.45, 2.75) is 38.4 Å². The molecule has 30 heavy (non-hydrogen) atoms. The molecule has 2 aromatic rings. The lowest BCUT2D eigenvalue weighted by Crippen LogP contribution is -2.47. The molecule has 2 fully saturated rings. The smallest absolute Gasteiger partial charge is 0.326 e. The molecule has 7 nitrogen and oxygen atoms in total. The van der Waals surface area contributed by atoms with Gasteiger partial charge in [-0.2, -0.15) is 0 Å². The highest BCUT2D eigenvalue weighted by Gasteiger charge is 2.64. The second kappa shape index (κ2) is 6.58. The summed E-state index contributed by atoms with van der Waals surface area (Å²) in [6.07, 6.45) is 1.31. The fourth-order valence-corrected chi connectivity index (χ4v) is 4.77. The van der Waals surface area contributed by atoms with Gasteiger partial charge in [0.1, 0.15) is 24.1 Å². The van der Waals surface area contributed by atoms with Crippen molar-refractivity contribution >= 4 is 17.8 Å². The van der Waals surface area contributed by atoms with Gasteiger partial charge in [0.25, 0.3) is 5.91 Å². The minimum Gasteiger partial charge on any atom is -0.480 e. The summed E-state index contributed by atoms with van der Waals surface area (Å²) in [5, 5.41) is 9.50. The maximum atomic E-state index is 12.9. The van der Waals surface area contributed by atoms with Crippen molar-refractivity contribution < 1.29 is 24.2 Å². The Labute approximate surface area is 173 Å². The van der Waals surface area contributed by atoms with E-state index in [-0.39, 0.29) is 29.8 Å². The number of nitrogens with zero attached hydrogens (tertiary/aromatic N) is 2. The van der Waals surface area contributed by atoms with Gasteiger partial charge >= 0.3 is 5.97 Å². The van der Waals surface area contributed by atoms with Crippen molar-refractivity contribution in [3.05, 3.63) is 59.7 Å². The zero-order valence-electron chi connectivity index (χ0n) is 16.6. The molecule has 2 amide bonds. The number of piperidine rings is 1. The van der Waals surface area contributed by atoms with Gasteiger partial charge in [0.2, 0.25) is 5.91 Å². The monoisotopic (exact) mass is 406 g/mol. The van der Waals surface area contributed by atoms with Gasteiger partial charge in [-0.1, -0.05) is 25.1 Å². The van der Waals surface area contributed by atoms with Crippen LogP contribution in [0, 0.1) is 5.41 Å². The number of carbonyl (C=O) groups excluding carboxylic acids is 2. The quantitative estimate of drug-likeness (QED) is 0.825. The Bertz CT molecular complexity index is 1050. The largest absolute Gasteiger partial charge is 0.480 e. The molecular formula is C23H22N2O5. The molecule has 1 aliphatic carbocycles. The van der Waals surface area contributed by atoms with Crippen molar-refractivity contribution in [2.24, 2.45) is 5.41 Å². The third-order valence-electron chi connectivity index (χ3n) is 6.47. The number of ether oxygens (including phenoxy) is 1. The fourth-order valence-electron chi connectivity index (χ4n) is 4.77. The predicted molar refractivity (Wildman–Crippen MR) is 107 cm³/mol. The fraction of sp³-hybridized carbons (Fsp3) is 0.348. The highest BCUT2D eigenvalue weighted by molar-refractivity contribution is 6.00. The SMILES string of the molecule is C[C@@]12C[C@@H]1N(C(=O)CN1Cc3cc(Oc4ccccc4)ccc3C1=O)[C@H](C(=O)O)C2. The van der Waals surface area contributed by atoms with E-state index in [1.54, 1.807) is 12.1 Å². The first-order valence-electron chi connectivity index (χ1n) is 10.0. The zero-order valence-corrected chi connectivity index (χ0v) is 16.6. The van der Waals surface area contributed by atoms with Gasteiger partial charge in [0.15, 0.2) is 0 Å². The molecular weight excluding hydrogens is 384 g/mol. The molecule has 1 saturated heterocycles. The van der Waals surface area contributed by atoms with Crippen LogP contribution >= 0.6 is 0 Å². The van der Waals surface area contributed by atoms with Crippen molar-refractivity contribution in [1.29, 1.82) is 0 Å². The number of fused-ring (bicyclic) bond motifs is 2. The number of aliphatic carboxylic acids is 1. The second-order valence-corrected chi connectivity index (χ2v) is 8.63. The molecule has 154 valence electrons. The van der Waals surface area contributed by atoms with E-state index in [1.165, 1.54) is 9.80 Å². The Morgan fingerprint density at radius 2 is 1.90 bits per heavy atom. The van der Waals surface area contributed by atoms with E-state index >= 15 is 0 Å². The topological polar surface area (TPSA) is 87.2 Å². The number of benzene rings is 2. The Hall–Kier alpha value is -3.35. The minimum absolute atomic E-state index is 0.0305.